The van der Waals surface area contributed by atoms with Gasteiger partial charge in [0.15, 0.2) is 0 Å². The number of rotatable bonds is 6. The second-order valence-corrected chi connectivity index (χ2v) is 4.09. The zero-order valence-corrected chi connectivity index (χ0v) is 10.1. The molecule has 0 aliphatic heterocycles. The van der Waals surface area contributed by atoms with Gasteiger partial charge in [0.05, 0.1) is 0 Å². The lowest BCUT2D eigenvalue weighted by Gasteiger charge is -2.13. The van der Waals surface area contributed by atoms with Gasteiger partial charge in [-0.25, -0.2) is 4.39 Å². The molecule has 0 aromatic heterocycles. The SMILES string of the molecule is CCC(CNC(=O)c1ccc(F)cc1)CC(=O)O. The molecule has 1 aromatic rings. The van der Waals surface area contributed by atoms with Crippen LogP contribution in [0.25, 0.3) is 0 Å². The lowest BCUT2D eigenvalue weighted by molar-refractivity contribution is -0.138. The van der Waals surface area contributed by atoms with E-state index in [0.717, 1.165) is 0 Å². The van der Waals surface area contributed by atoms with E-state index >= 15 is 0 Å². The quantitative estimate of drug-likeness (QED) is 0.815. The molecule has 0 aliphatic rings. The van der Waals surface area contributed by atoms with Crippen molar-refractivity contribution in [3.63, 3.8) is 0 Å². The monoisotopic (exact) mass is 253 g/mol. The summed E-state index contributed by atoms with van der Waals surface area (Å²) < 4.78 is 12.7. The molecule has 1 aromatic carbocycles. The van der Waals surface area contributed by atoms with Gasteiger partial charge >= 0.3 is 5.97 Å². The van der Waals surface area contributed by atoms with E-state index in [2.05, 4.69) is 5.32 Å². The summed E-state index contributed by atoms with van der Waals surface area (Å²) in [5, 5.41) is 11.3. The van der Waals surface area contributed by atoms with Crippen LogP contribution in [0.15, 0.2) is 24.3 Å². The number of nitrogens with one attached hydrogen (secondary N) is 1. The molecule has 0 saturated carbocycles. The smallest absolute Gasteiger partial charge is 0.303 e. The van der Waals surface area contributed by atoms with Gasteiger partial charge in [-0.2, -0.15) is 0 Å². The standard InChI is InChI=1S/C13H16FNO3/c1-2-9(7-12(16)17)8-15-13(18)10-3-5-11(14)6-4-10/h3-6,9H,2,7-8H2,1H3,(H,15,18)(H,16,17). The van der Waals surface area contributed by atoms with E-state index in [9.17, 15) is 14.0 Å². The molecule has 0 spiro atoms. The Morgan fingerprint density at radius 2 is 1.94 bits per heavy atom. The summed E-state index contributed by atoms with van der Waals surface area (Å²) in [6.45, 7) is 2.18. The molecule has 98 valence electrons. The Morgan fingerprint density at radius 1 is 1.33 bits per heavy atom. The molecule has 0 bridgehead atoms. The van der Waals surface area contributed by atoms with Crippen LogP contribution in [0.3, 0.4) is 0 Å². The molecule has 1 rings (SSSR count). The fraction of sp³-hybridized carbons (Fsp3) is 0.385. The number of benzene rings is 1. The number of carboxylic acids is 1. The summed E-state index contributed by atoms with van der Waals surface area (Å²) in [7, 11) is 0. The largest absolute Gasteiger partial charge is 0.481 e. The number of hydrogen-bond donors (Lipinski definition) is 2. The summed E-state index contributed by atoms with van der Waals surface area (Å²) in [6.07, 6.45) is 0.705. The molecule has 0 fully saturated rings. The molecule has 18 heavy (non-hydrogen) atoms. The highest BCUT2D eigenvalue weighted by atomic mass is 19.1. The number of carboxylic acid groups (broad SMARTS) is 1. The summed E-state index contributed by atoms with van der Waals surface area (Å²) in [5.74, 6) is -1.69. The molecule has 1 amide bonds. The van der Waals surface area contributed by atoms with Gasteiger partial charge in [0, 0.05) is 18.5 Å². The zero-order valence-electron chi connectivity index (χ0n) is 10.1. The van der Waals surface area contributed by atoms with Crippen LogP contribution >= 0.6 is 0 Å². The maximum atomic E-state index is 12.7. The molecule has 0 aliphatic carbocycles. The Hall–Kier alpha value is -1.91. The summed E-state index contributed by atoms with van der Waals surface area (Å²) in [4.78, 5) is 22.2. The normalized spacial score (nSPS) is 11.9. The number of aliphatic carboxylic acids is 1. The molecule has 5 heteroatoms. The van der Waals surface area contributed by atoms with E-state index < -0.39 is 11.8 Å². The first-order valence-electron chi connectivity index (χ1n) is 5.78. The number of carbonyl (C=O) groups is 2. The second-order valence-electron chi connectivity index (χ2n) is 4.09. The van der Waals surface area contributed by atoms with E-state index in [-0.39, 0.29) is 18.2 Å². The van der Waals surface area contributed by atoms with Crippen molar-refractivity contribution in [2.24, 2.45) is 5.92 Å². The Bertz CT molecular complexity index is 417. The van der Waals surface area contributed by atoms with Gasteiger partial charge in [0.2, 0.25) is 0 Å². The third-order valence-electron chi connectivity index (χ3n) is 2.70. The minimum atomic E-state index is -0.877. The second kappa shape index (κ2) is 6.74. The highest BCUT2D eigenvalue weighted by Crippen LogP contribution is 2.08. The first kappa shape index (κ1) is 14.2. The lowest BCUT2D eigenvalue weighted by atomic mass is 10.0. The van der Waals surface area contributed by atoms with Crippen molar-refractivity contribution in [1.82, 2.24) is 5.32 Å². The third kappa shape index (κ3) is 4.53. The van der Waals surface area contributed by atoms with Gasteiger partial charge in [-0.05, 0) is 30.2 Å². The molecule has 4 nitrogen and oxygen atoms in total. The van der Waals surface area contributed by atoms with Crippen molar-refractivity contribution < 1.29 is 19.1 Å². The van der Waals surface area contributed by atoms with Crippen molar-refractivity contribution in [2.75, 3.05) is 6.54 Å². The van der Waals surface area contributed by atoms with Gasteiger partial charge in [0.1, 0.15) is 5.82 Å². The van der Waals surface area contributed by atoms with Crippen LogP contribution in [0.4, 0.5) is 4.39 Å². The maximum absolute atomic E-state index is 12.7. The molecule has 0 saturated heterocycles. The van der Waals surface area contributed by atoms with E-state index in [1.165, 1.54) is 24.3 Å². The molecule has 0 heterocycles. The van der Waals surface area contributed by atoms with Gasteiger partial charge in [-0.15, -0.1) is 0 Å². The summed E-state index contributed by atoms with van der Waals surface area (Å²) in [6, 6.07) is 5.21. The van der Waals surface area contributed by atoms with Gasteiger partial charge < -0.3 is 10.4 Å². The Labute approximate surface area is 105 Å². The average molecular weight is 253 g/mol. The van der Waals surface area contributed by atoms with E-state index in [1.54, 1.807) is 0 Å². The molecule has 2 N–H and O–H groups in total. The minimum absolute atomic E-state index is 0.0280. The summed E-state index contributed by atoms with van der Waals surface area (Å²) >= 11 is 0. The Balaban J connectivity index is 2.49. The van der Waals surface area contributed by atoms with Gasteiger partial charge in [-0.3, -0.25) is 9.59 Å². The highest BCUT2D eigenvalue weighted by molar-refractivity contribution is 5.94. The fourth-order valence-corrected chi connectivity index (χ4v) is 1.55. The molecule has 0 radical (unpaired) electrons. The van der Waals surface area contributed by atoms with Crippen LogP contribution in [-0.4, -0.2) is 23.5 Å². The van der Waals surface area contributed by atoms with Crippen molar-refractivity contribution in [3.05, 3.63) is 35.6 Å². The Kier molecular flexibility index (Phi) is 5.30. The number of hydrogen-bond acceptors (Lipinski definition) is 2. The Morgan fingerprint density at radius 3 is 2.44 bits per heavy atom. The van der Waals surface area contributed by atoms with Crippen LogP contribution in [0.1, 0.15) is 30.1 Å². The fourth-order valence-electron chi connectivity index (χ4n) is 1.55. The number of carbonyl (C=O) groups excluding carboxylic acids is 1. The summed E-state index contributed by atoms with van der Waals surface area (Å²) in [5.41, 5.74) is 0.363. The van der Waals surface area contributed by atoms with Crippen molar-refractivity contribution in [2.45, 2.75) is 19.8 Å². The van der Waals surface area contributed by atoms with Crippen LogP contribution in [0, 0.1) is 11.7 Å². The van der Waals surface area contributed by atoms with Crippen molar-refractivity contribution in [1.29, 1.82) is 0 Å². The average Bonchev–Trinajstić information content (AvgIpc) is 2.34. The first-order chi connectivity index (χ1) is 8.52. The van der Waals surface area contributed by atoms with E-state index in [1.807, 2.05) is 6.92 Å². The van der Waals surface area contributed by atoms with Gasteiger partial charge in [0.25, 0.3) is 5.91 Å². The van der Waals surface area contributed by atoms with Crippen LogP contribution in [-0.2, 0) is 4.79 Å². The van der Waals surface area contributed by atoms with Crippen molar-refractivity contribution >= 4 is 11.9 Å². The first-order valence-corrected chi connectivity index (χ1v) is 5.78. The highest BCUT2D eigenvalue weighted by Gasteiger charge is 2.13. The molecule has 1 atom stereocenters. The zero-order chi connectivity index (χ0) is 13.5. The predicted octanol–water partition coefficient (Wildman–Crippen LogP) is 2.06. The topological polar surface area (TPSA) is 66.4 Å². The lowest BCUT2D eigenvalue weighted by Crippen LogP contribution is -2.30. The maximum Gasteiger partial charge on any atom is 0.303 e. The van der Waals surface area contributed by atoms with Crippen molar-refractivity contribution in [3.8, 4) is 0 Å². The van der Waals surface area contributed by atoms with Crippen LogP contribution in [0.2, 0.25) is 0 Å². The molecular formula is C13H16FNO3. The minimum Gasteiger partial charge on any atom is -0.481 e. The molecule has 1 unspecified atom stereocenters. The van der Waals surface area contributed by atoms with E-state index in [4.69, 9.17) is 5.11 Å². The third-order valence-corrected chi connectivity index (χ3v) is 2.70. The number of amides is 1. The number of halogens is 1. The van der Waals surface area contributed by atoms with Crippen LogP contribution < -0.4 is 5.32 Å². The van der Waals surface area contributed by atoms with Gasteiger partial charge in [-0.1, -0.05) is 13.3 Å². The van der Waals surface area contributed by atoms with E-state index in [0.29, 0.717) is 18.5 Å². The predicted molar refractivity (Wildman–Crippen MR) is 64.8 cm³/mol. The van der Waals surface area contributed by atoms with Crippen LogP contribution in [0.5, 0.6) is 0 Å². The molecular weight excluding hydrogens is 237 g/mol.